The first-order chi connectivity index (χ1) is 34.6. The van der Waals surface area contributed by atoms with E-state index in [1.165, 1.54) is 30.9 Å². The molecule has 0 spiro atoms. The van der Waals surface area contributed by atoms with E-state index in [1.54, 1.807) is 12.2 Å². The van der Waals surface area contributed by atoms with Crippen molar-refractivity contribution >= 4 is 103 Å². The van der Waals surface area contributed by atoms with Crippen molar-refractivity contribution < 1.29 is 8.83 Å². The Kier molecular flexibility index (Phi) is 8.96. The van der Waals surface area contributed by atoms with E-state index in [0.717, 1.165) is 99.6 Å². The van der Waals surface area contributed by atoms with E-state index < -0.39 is 0 Å². The molecule has 6 nitrogen and oxygen atoms in total. The van der Waals surface area contributed by atoms with Crippen molar-refractivity contribution in [3.05, 3.63) is 225 Å². The van der Waals surface area contributed by atoms with Crippen LogP contribution in [0.1, 0.15) is 5.82 Å². The summed E-state index contributed by atoms with van der Waals surface area (Å²) in [6, 6.07) is 66.0. The van der Waals surface area contributed by atoms with Crippen molar-refractivity contribution in [3.8, 4) is 50.7 Å². The molecule has 5 aromatic heterocycles. The van der Waals surface area contributed by atoms with Crippen molar-refractivity contribution in [2.75, 3.05) is 0 Å². The van der Waals surface area contributed by atoms with Crippen LogP contribution in [0.4, 0.5) is 0 Å². The van der Waals surface area contributed by atoms with Crippen LogP contribution in [-0.4, -0.2) is 19.5 Å². The van der Waals surface area contributed by atoms with Crippen LogP contribution in [0.25, 0.3) is 142 Å². The summed E-state index contributed by atoms with van der Waals surface area (Å²) < 4.78 is 18.5. The van der Waals surface area contributed by atoms with Crippen LogP contribution in [0.5, 0.6) is 0 Å². The minimum absolute atomic E-state index is 0.500. The minimum atomic E-state index is 0.500. The van der Waals surface area contributed by atoms with Gasteiger partial charge in [-0.05, 0) is 76.9 Å². The Morgan fingerprint density at radius 3 is 1.99 bits per heavy atom. The second-order valence-corrected chi connectivity index (χ2v) is 18.6. The second-order valence-electron chi connectivity index (χ2n) is 17.5. The zero-order valence-corrected chi connectivity index (χ0v) is 38.4. The first-order valence-electron chi connectivity index (χ1n) is 23.2. The van der Waals surface area contributed by atoms with E-state index in [9.17, 15) is 0 Å². The van der Waals surface area contributed by atoms with Gasteiger partial charge in [-0.15, -0.1) is 11.3 Å². The smallest absolute Gasteiger partial charge is 0.164 e. The summed E-state index contributed by atoms with van der Waals surface area (Å²) in [5, 5.41) is 9.03. The van der Waals surface area contributed by atoms with Crippen molar-refractivity contribution in [1.29, 1.82) is 0 Å². The lowest BCUT2D eigenvalue weighted by atomic mass is 9.97. The monoisotopic (exact) mass is 914 g/mol. The number of rotatable bonds is 8. The molecule has 5 heterocycles. The van der Waals surface area contributed by atoms with Gasteiger partial charge in [-0.2, -0.15) is 0 Å². The molecule has 0 unspecified atom stereocenters. The summed E-state index contributed by atoms with van der Waals surface area (Å²) in [7, 11) is 0. The predicted molar refractivity (Wildman–Crippen MR) is 292 cm³/mol. The van der Waals surface area contributed by atoms with Crippen LogP contribution in [0.2, 0.25) is 0 Å². The minimum Gasteiger partial charge on any atom is -0.456 e. The number of hydrogen-bond acceptors (Lipinski definition) is 6. The maximum atomic E-state index is 6.99. The Balaban J connectivity index is 0.939. The predicted octanol–water partition coefficient (Wildman–Crippen LogP) is 17.6. The van der Waals surface area contributed by atoms with Gasteiger partial charge in [0.2, 0.25) is 0 Å². The quantitative estimate of drug-likeness (QED) is 0.142. The van der Waals surface area contributed by atoms with Gasteiger partial charge in [-0.3, -0.25) is 0 Å². The van der Waals surface area contributed by atoms with Gasteiger partial charge >= 0.3 is 0 Å². The van der Waals surface area contributed by atoms with E-state index in [-0.39, 0.29) is 0 Å². The summed E-state index contributed by atoms with van der Waals surface area (Å²) in [5.74, 6) is 1.57. The molecular formula is C63H38N4O2S. The molecule has 0 atom stereocenters. The van der Waals surface area contributed by atoms with Crippen molar-refractivity contribution in [2.24, 2.45) is 0 Å². The summed E-state index contributed by atoms with van der Waals surface area (Å²) in [4.78, 5) is 15.2. The Morgan fingerprint density at radius 1 is 0.457 bits per heavy atom. The summed E-state index contributed by atoms with van der Waals surface area (Å²) >= 11 is 1.85. The van der Waals surface area contributed by atoms with Crippen molar-refractivity contribution in [3.63, 3.8) is 0 Å². The first-order valence-corrected chi connectivity index (χ1v) is 24.0. The number of fused-ring (bicyclic) bond motifs is 13. The molecule has 9 aromatic carbocycles. The second kappa shape index (κ2) is 15.7. The lowest BCUT2D eigenvalue weighted by Gasteiger charge is -2.10. The highest BCUT2D eigenvalue weighted by Gasteiger charge is 2.23. The van der Waals surface area contributed by atoms with Crippen LogP contribution in [-0.2, 0) is 0 Å². The molecule has 0 aliphatic carbocycles. The van der Waals surface area contributed by atoms with Gasteiger partial charge in [-0.25, -0.2) is 15.0 Å². The Labute approximate surface area is 405 Å². The number of thiophene rings is 1. The summed E-state index contributed by atoms with van der Waals surface area (Å²) in [5.41, 5.74) is 13.2. The van der Waals surface area contributed by atoms with Gasteiger partial charge in [-0.1, -0.05) is 165 Å². The summed E-state index contributed by atoms with van der Waals surface area (Å²) in [6.07, 6.45) is 5.34. The standard InChI is InChI=1S/C63H38N4O2S/c1-3-15-37(4-2)61-64-62(40-30-28-39(29-31-40)38-16-6-5-7-17-38)66-63(65-61)46-22-14-25-52-57(46)47-36-41(32-34-51(47)68-52)42-20-13-26-53-56(42)45-21-12-24-50(60(45)69-53)67-48-23-10-8-18-43(48)58-49(67)33-35-55-59(58)44-19-9-11-27-54(44)70-55/h3-36H,1-2H2/b37-15+. The van der Waals surface area contributed by atoms with Gasteiger partial charge in [0.25, 0.3) is 0 Å². The maximum Gasteiger partial charge on any atom is 0.164 e. The van der Waals surface area contributed by atoms with Crippen LogP contribution in [0, 0.1) is 0 Å². The molecule has 0 aliphatic rings. The SMILES string of the molecule is C=C/C=C(\C=C)c1nc(-c2ccc(-c3ccccc3)cc2)nc(-c2cccc3oc4ccc(-c5cccc6oc7c(-n8c9ccccc9c9c%10c(ccc98)sc8ccccc8%10)cccc7c56)cc4c23)n1. The van der Waals surface area contributed by atoms with Crippen molar-refractivity contribution in [1.82, 2.24) is 19.5 Å². The molecule has 14 aromatic rings. The average molecular weight is 915 g/mol. The van der Waals surface area contributed by atoms with Gasteiger partial charge in [0.05, 0.1) is 16.7 Å². The number of para-hydroxylation sites is 2. The number of furan rings is 2. The van der Waals surface area contributed by atoms with Crippen LogP contribution < -0.4 is 0 Å². The molecule has 0 N–H and O–H groups in total. The van der Waals surface area contributed by atoms with E-state index >= 15 is 0 Å². The van der Waals surface area contributed by atoms with Gasteiger partial charge < -0.3 is 13.4 Å². The third-order valence-corrected chi connectivity index (χ3v) is 14.8. The fourth-order valence-corrected chi connectivity index (χ4v) is 11.6. The Morgan fingerprint density at radius 2 is 1.14 bits per heavy atom. The largest absolute Gasteiger partial charge is 0.456 e. The number of hydrogen-bond donors (Lipinski definition) is 0. The topological polar surface area (TPSA) is 69.9 Å². The molecular weight excluding hydrogens is 877 g/mol. The molecule has 7 heteroatoms. The normalized spacial score (nSPS) is 12.2. The van der Waals surface area contributed by atoms with Gasteiger partial charge in [0.15, 0.2) is 23.1 Å². The zero-order valence-electron chi connectivity index (χ0n) is 37.6. The molecule has 0 amide bonds. The third-order valence-electron chi connectivity index (χ3n) is 13.6. The zero-order chi connectivity index (χ0) is 46.5. The fourth-order valence-electron chi connectivity index (χ4n) is 10.5. The number of nitrogens with zero attached hydrogens (tertiary/aromatic N) is 4. The van der Waals surface area contributed by atoms with E-state index in [1.807, 2.05) is 47.7 Å². The van der Waals surface area contributed by atoms with Gasteiger partial charge in [0, 0.05) is 69.2 Å². The lowest BCUT2D eigenvalue weighted by Crippen LogP contribution is -2.02. The fraction of sp³-hybridized carbons (Fsp3) is 0. The van der Waals surface area contributed by atoms with Crippen LogP contribution in [0.3, 0.4) is 0 Å². The lowest BCUT2D eigenvalue weighted by molar-refractivity contribution is 0.666. The highest BCUT2D eigenvalue weighted by molar-refractivity contribution is 7.26. The summed E-state index contributed by atoms with van der Waals surface area (Å²) in [6.45, 7) is 8.03. The molecule has 70 heavy (non-hydrogen) atoms. The van der Waals surface area contributed by atoms with E-state index in [0.29, 0.717) is 17.5 Å². The average Bonchev–Trinajstić information content (AvgIpc) is 4.19. The van der Waals surface area contributed by atoms with E-state index in [2.05, 4.69) is 175 Å². The van der Waals surface area contributed by atoms with Crippen molar-refractivity contribution in [2.45, 2.75) is 0 Å². The molecule has 14 rings (SSSR count). The van der Waals surface area contributed by atoms with E-state index in [4.69, 9.17) is 23.8 Å². The molecule has 0 saturated heterocycles. The highest BCUT2D eigenvalue weighted by atomic mass is 32.1. The van der Waals surface area contributed by atoms with Crippen LogP contribution in [0.15, 0.2) is 228 Å². The molecule has 0 bridgehead atoms. The molecule has 328 valence electrons. The Hall–Kier alpha value is -9.17. The van der Waals surface area contributed by atoms with Gasteiger partial charge in [0.1, 0.15) is 16.7 Å². The number of aromatic nitrogens is 4. The number of benzene rings is 9. The molecule has 0 radical (unpaired) electrons. The number of allylic oxidation sites excluding steroid dienone is 4. The molecule has 0 saturated carbocycles. The first kappa shape index (κ1) is 39.9. The maximum absolute atomic E-state index is 6.99. The van der Waals surface area contributed by atoms with Crippen LogP contribution >= 0.6 is 11.3 Å². The molecule has 0 aliphatic heterocycles. The Bertz CT molecular complexity index is 4510. The molecule has 0 fully saturated rings. The highest BCUT2D eigenvalue weighted by Crippen LogP contribution is 2.46. The third kappa shape index (κ3) is 6.08.